The van der Waals surface area contributed by atoms with Crippen LogP contribution in [0.2, 0.25) is 5.02 Å². The Kier molecular flexibility index (Phi) is 4.01. The Balaban J connectivity index is 2.41. The van der Waals surface area contributed by atoms with Crippen LogP contribution in [-0.2, 0) is 10.0 Å². The summed E-state index contributed by atoms with van der Waals surface area (Å²) in [5.41, 5.74) is -0.339. The third-order valence-corrected chi connectivity index (χ3v) is 4.41. The van der Waals surface area contributed by atoms with Gasteiger partial charge in [-0.3, -0.25) is 14.8 Å². The third-order valence-electron chi connectivity index (χ3n) is 2.56. The summed E-state index contributed by atoms with van der Waals surface area (Å²) in [7, 11) is -4.07. The molecule has 110 valence electrons. The van der Waals surface area contributed by atoms with E-state index in [1.807, 2.05) is 0 Å². The quantitative estimate of drug-likeness (QED) is 0.509. The van der Waals surface area contributed by atoms with Crippen LogP contribution in [0.15, 0.2) is 47.4 Å². The summed E-state index contributed by atoms with van der Waals surface area (Å²) in [5.74, 6) is -0.251. The third kappa shape index (κ3) is 3.23. The number of phenols is 1. The normalized spacial score (nSPS) is 11.1. The molecule has 0 fully saturated rings. The smallest absolute Gasteiger partial charge is 0.271 e. The van der Waals surface area contributed by atoms with Crippen LogP contribution >= 0.6 is 11.6 Å². The Morgan fingerprint density at radius 3 is 2.43 bits per heavy atom. The highest BCUT2D eigenvalue weighted by molar-refractivity contribution is 7.92. The van der Waals surface area contributed by atoms with Crippen molar-refractivity contribution in [1.82, 2.24) is 0 Å². The summed E-state index contributed by atoms with van der Waals surface area (Å²) in [6, 6.07) is 8.76. The molecular weight excluding hydrogens is 320 g/mol. The van der Waals surface area contributed by atoms with Crippen LogP contribution in [0.1, 0.15) is 0 Å². The van der Waals surface area contributed by atoms with Gasteiger partial charge in [-0.15, -0.1) is 0 Å². The molecule has 2 rings (SSSR count). The van der Waals surface area contributed by atoms with Crippen molar-refractivity contribution in [2.75, 3.05) is 4.72 Å². The summed E-state index contributed by atoms with van der Waals surface area (Å²) >= 11 is 5.78. The molecule has 2 N–H and O–H groups in total. The van der Waals surface area contributed by atoms with Gasteiger partial charge in [0.15, 0.2) is 0 Å². The first-order chi connectivity index (χ1) is 9.81. The van der Waals surface area contributed by atoms with Gasteiger partial charge in [0.05, 0.1) is 15.6 Å². The van der Waals surface area contributed by atoms with Crippen molar-refractivity contribution in [2.24, 2.45) is 0 Å². The van der Waals surface area contributed by atoms with Gasteiger partial charge in [0.1, 0.15) is 10.6 Å². The lowest BCUT2D eigenvalue weighted by molar-refractivity contribution is -0.384. The van der Waals surface area contributed by atoms with Crippen LogP contribution in [0, 0.1) is 10.1 Å². The van der Waals surface area contributed by atoms with E-state index >= 15 is 0 Å². The number of nitro groups is 1. The molecule has 0 aromatic heterocycles. The molecule has 0 bridgehead atoms. The molecule has 9 heteroatoms. The number of benzene rings is 2. The van der Waals surface area contributed by atoms with Gasteiger partial charge in [0, 0.05) is 12.1 Å². The number of para-hydroxylation sites is 2. The molecule has 0 aliphatic rings. The number of aromatic hydroxyl groups is 1. The van der Waals surface area contributed by atoms with Crippen molar-refractivity contribution in [3.63, 3.8) is 0 Å². The SMILES string of the molecule is O=[N+]([O-])c1ccc(S(=O)(=O)Nc2ccccc2O)c(Cl)c1. The number of hydrogen-bond acceptors (Lipinski definition) is 5. The van der Waals surface area contributed by atoms with Crippen LogP contribution in [0.25, 0.3) is 0 Å². The molecule has 0 unspecified atom stereocenters. The maximum Gasteiger partial charge on any atom is 0.271 e. The number of non-ortho nitro benzene ring substituents is 1. The monoisotopic (exact) mass is 328 g/mol. The van der Waals surface area contributed by atoms with Crippen LogP contribution < -0.4 is 4.72 Å². The Morgan fingerprint density at radius 1 is 1.19 bits per heavy atom. The molecule has 0 aliphatic heterocycles. The number of nitro benzene ring substituents is 1. The van der Waals surface area contributed by atoms with E-state index in [4.69, 9.17) is 11.6 Å². The standard InChI is InChI=1S/C12H9ClN2O5S/c13-9-7-8(15(17)18)5-6-12(9)21(19,20)14-10-3-1-2-4-11(10)16/h1-7,14,16H. The molecular formula is C12H9ClN2O5S. The fourth-order valence-corrected chi connectivity index (χ4v) is 3.20. The van der Waals surface area contributed by atoms with Gasteiger partial charge in [-0.2, -0.15) is 0 Å². The topological polar surface area (TPSA) is 110 Å². The summed E-state index contributed by atoms with van der Waals surface area (Å²) in [6.07, 6.45) is 0. The molecule has 0 saturated heterocycles. The minimum Gasteiger partial charge on any atom is -0.506 e. The lowest BCUT2D eigenvalue weighted by Gasteiger charge is -2.10. The lowest BCUT2D eigenvalue weighted by Crippen LogP contribution is -2.13. The largest absolute Gasteiger partial charge is 0.506 e. The second kappa shape index (κ2) is 5.58. The lowest BCUT2D eigenvalue weighted by atomic mass is 10.3. The van der Waals surface area contributed by atoms with E-state index in [2.05, 4.69) is 4.72 Å². The highest BCUT2D eigenvalue weighted by atomic mass is 35.5. The van der Waals surface area contributed by atoms with E-state index in [1.165, 1.54) is 24.3 Å². The first-order valence-electron chi connectivity index (χ1n) is 5.56. The van der Waals surface area contributed by atoms with Gasteiger partial charge in [0.25, 0.3) is 15.7 Å². The second-order valence-corrected chi connectivity index (χ2v) is 6.05. The van der Waals surface area contributed by atoms with Gasteiger partial charge in [-0.1, -0.05) is 23.7 Å². The predicted octanol–water partition coefficient (Wildman–Crippen LogP) is 2.75. The molecule has 0 radical (unpaired) electrons. The van der Waals surface area contributed by atoms with Gasteiger partial charge in [-0.05, 0) is 18.2 Å². The molecule has 0 saturated carbocycles. The van der Waals surface area contributed by atoms with E-state index in [0.29, 0.717) is 0 Å². The van der Waals surface area contributed by atoms with Crippen molar-refractivity contribution in [3.05, 3.63) is 57.6 Å². The Hall–Kier alpha value is -2.32. The molecule has 0 heterocycles. The maximum absolute atomic E-state index is 12.2. The number of nitrogens with zero attached hydrogens (tertiary/aromatic N) is 1. The molecule has 7 nitrogen and oxygen atoms in total. The minimum atomic E-state index is -4.07. The maximum atomic E-state index is 12.2. The fourth-order valence-electron chi connectivity index (χ4n) is 1.58. The number of sulfonamides is 1. The summed E-state index contributed by atoms with van der Waals surface area (Å²) in [4.78, 5) is 9.60. The highest BCUT2D eigenvalue weighted by Crippen LogP contribution is 2.30. The second-order valence-electron chi connectivity index (χ2n) is 3.99. The van der Waals surface area contributed by atoms with Crippen molar-refractivity contribution in [1.29, 1.82) is 0 Å². The van der Waals surface area contributed by atoms with Gasteiger partial charge < -0.3 is 5.11 Å². The van der Waals surface area contributed by atoms with Gasteiger partial charge >= 0.3 is 0 Å². The fraction of sp³-hybridized carbons (Fsp3) is 0. The zero-order valence-corrected chi connectivity index (χ0v) is 11.9. The number of nitrogens with one attached hydrogen (secondary N) is 1. The molecule has 21 heavy (non-hydrogen) atoms. The molecule has 2 aromatic rings. The highest BCUT2D eigenvalue weighted by Gasteiger charge is 2.21. The van der Waals surface area contributed by atoms with Crippen molar-refractivity contribution in [3.8, 4) is 5.75 Å². The average Bonchev–Trinajstić information content (AvgIpc) is 2.40. The van der Waals surface area contributed by atoms with Crippen molar-refractivity contribution in [2.45, 2.75) is 4.90 Å². The summed E-state index contributed by atoms with van der Waals surface area (Å²) in [6.45, 7) is 0. The first-order valence-corrected chi connectivity index (χ1v) is 7.42. The van der Waals surface area contributed by atoms with Gasteiger partial charge in [-0.25, -0.2) is 8.42 Å². The van der Waals surface area contributed by atoms with E-state index < -0.39 is 14.9 Å². The number of halogens is 1. The van der Waals surface area contributed by atoms with Crippen LogP contribution in [0.3, 0.4) is 0 Å². The summed E-state index contributed by atoms with van der Waals surface area (Å²) < 4.78 is 26.5. The van der Waals surface area contributed by atoms with E-state index in [1.54, 1.807) is 0 Å². The Morgan fingerprint density at radius 2 is 1.86 bits per heavy atom. The molecule has 0 atom stereocenters. The zero-order chi connectivity index (χ0) is 15.6. The van der Waals surface area contributed by atoms with E-state index in [0.717, 1.165) is 18.2 Å². The first kappa shape index (κ1) is 15.1. The zero-order valence-electron chi connectivity index (χ0n) is 10.4. The molecule has 2 aromatic carbocycles. The molecule has 0 aliphatic carbocycles. The number of rotatable bonds is 4. The Labute approximate surface area is 125 Å². The van der Waals surface area contributed by atoms with Crippen molar-refractivity contribution < 1.29 is 18.4 Å². The minimum absolute atomic E-state index is 0.0214. The van der Waals surface area contributed by atoms with Crippen LogP contribution in [0.5, 0.6) is 5.75 Å². The molecule has 0 spiro atoms. The average molecular weight is 329 g/mol. The van der Waals surface area contributed by atoms with E-state index in [9.17, 15) is 23.6 Å². The predicted molar refractivity (Wildman–Crippen MR) is 77.0 cm³/mol. The van der Waals surface area contributed by atoms with Crippen LogP contribution in [-0.4, -0.2) is 18.4 Å². The van der Waals surface area contributed by atoms with Crippen LogP contribution in [0.4, 0.5) is 11.4 Å². The van der Waals surface area contributed by atoms with E-state index in [-0.39, 0.29) is 27.0 Å². The van der Waals surface area contributed by atoms with Gasteiger partial charge in [0.2, 0.25) is 0 Å². The molecule has 0 amide bonds. The number of hydrogen-bond donors (Lipinski definition) is 2. The van der Waals surface area contributed by atoms with Crippen molar-refractivity contribution >= 4 is 33.0 Å². The number of phenolic OH excluding ortho intramolecular Hbond substituents is 1. The number of anilines is 1. The summed E-state index contributed by atoms with van der Waals surface area (Å²) in [5, 5.41) is 19.9. The Bertz CT molecular complexity index is 807.